The standard InChI is InChI=1S/C5H12N4O3S/c6-5(8-10)4-2-1-3-9(4)13(7,11)12/h4,10H,1-3H2,(H2,6,8)(H2,7,11,12). The summed E-state index contributed by atoms with van der Waals surface area (Å²) >= 11 is 0. The van der Waals surface area contributed by atoms with Gasteiger partial charge < -0.3 is 10.9 Å². The van der Waals surface area contributed by atoms with Gasteiger partial charge in [0.2, 0.25) is 0 Å². The summed E-state index contributed by atoms with van der Waals surface area (Å²) in [7, 11) is -3.75. The molecule has 1 atom stereocenters. The molecular weight excluding hydrogens is 196 g/mol. The maximum Gasteiger partial charge on any atom is 0.277 e. The Labute approximate surface area is 76.2 Å². The van der Waals surface area contributed by atoms with E-state index in [9.17, 15) is 8.42 Å². The molecule has 1 aliphatic heterocycles. The molecule has 76 valence electrons. The highest BCUT2D eigenvalue weighted by Crippen LogP contribution is 2.18. The van der Waals surface area contributed by atoms with Crippen LogP contribution >= 0.6 is 0 Å². The van der Waals surface area contributed by atoms with E-state index in [2.05, 4.69) is 5.16 Å². The lowest BCUT2D eigenvalue weighted by Gasteiger charge is -2.19. The minimum Gasteiger partial charge on any atom is -0.409 e. The molecule has 13 heavy (non-hydrogen) atoms. The molecule has 0 aromatic carbocycles. The zero-order chi connectivity index (χ0) is 10.1. The molecule has 0 radical (unpaired) electrons. The van der Waals surface area contributed by atoms with Gasteiger partial charge in [0.05, 0.1) is 6.04 Å². The van der Waals surface area contributed by atoms with Gasteiger partial charge in [0.1, 0.15) is 0 Å². The maximum atomic E-state index is 11.0. The molecule has 1 heterocycles. The Morgan fingerprint density at radius 1 is 1.62 bits per heavy atom. The summed E-state index contributed by atoms with van der Waals surface area (Å²) in [5, 5.41) is 16.1. The largest absolute Gasteiger partial charge is 0.409 e. The van der Waals surface area contributed by atoms with Crippen LogP contribution in [-0.2, 0) is 10.2 Å². The van der Waals surface area contributed by atoms with Crippen molar-refractivity contribution in [3.63, 3.8) is 0 Å². The van der Waals surface area contributed by atoms with Gasteiger partial charge in [0.15, 0.2) is 5.84 Å². The van der Waals surface area contributed by atoms with Crippen molar-refractivity contribution in [3.8, 4) is 0 Å². The van der Waals surface area contributed by atoms with Crippen LogP contribution in [0.2, 0.25) is 0 Å². The summed E-state index contributed by atoms with van der Waals surface area (Å²) in [6.07, 6.45) is 1.20. The van der Waals surface area contributed by atoms with E-state index < -0.39 is 16.3 Å². The molecule has 0 amide bonds. The normalized spacial score (nSPS) is 26.5. The number of hydrogen-bond acceptors (Lipinski definition) is 4. The first-order valence-electron chi connectivity index (χ1n) is 3.74. The minimum atomic E-state index is -3.75. The van der Waals surface area contributed by atoms with Gasteiger partial charge in [-0.3, -0.25) is 0 Å². The van der Waals surface area contributed by atoms with Crippen LogP contribution in [0.1, 0.15) is 12.8 Å². The number of oxime groups is 1. The number of amidine groups is 1. The SMILES string of the molecule is NC(=NO)C1CCCN1S(N)(=O)=O. The molecule has 5 N–H and O–H groups in total. The van der Waals surface area contributed by atoms with E-state index in [-0.39, 0.29) is 5.84 Å². The quantitative estimate of drug-likeness (QED) is 0.219. The summed E-state index contributed by atoms with van der Waals surface area (Å²) in [4.78, 5) is 0. The van der Waals surface area contributed by atoms with Crippen molar-refractivity contribution in [1.29, 1.82) is 0 Å². The second-order valence-electron chi connectivity index (χ2n) is 2.84. The van der Waals surface area contributed by atoms with Gasteiger partial charge in [0.25, 0.3) is 10.2 Å². The number of nitrogens with two attached hydrogens (primary N) is 2. The fourth-order valence-electron chi connectivity index (χ4n) is 1.41. The van der Waals surface area contributed by atoms with Crippen LogP contribution in [0.3, 0.4) is 0 Å². The predicted octanol–water partition coefficient (Wildman–Crippen LogP) is -1.60. The van der Waals surface area contributed by atoms with Crippen LogP contribution in [0.4, 0.5) is 0 Å². The van der Waals surface area contributed by atoms with Crippen molar-refractivity contribution in [3.05, 3.63) is 0 Å². The molecule has 1 aliphatic rings. The van der Waals surface area contributed by atoms with Crippen LogP contribution in [0, 0.1) is 0 Å². The summed E-state index contributed by atoms with van der Waals surface area (Å²) < 4.78 is 23.0. The second kappa shape index (κ2) is 3.48. The van der Waals surface area contributed by atoms with Crippen molar-refractivity contribution in [1.82, 2.24) is 4.31 Å². The van der Waals surface area contributed by atoms with Gasteiger partial charge in [-0.2, -0.15) is 12.7 Å². The van der Waals surface area contributed by atoms with Gasteiger partial charge in [0, 0.05) is 6.54 Å². The molecule has 7 nitrogen and oxygen atoms in total. The van der Waals surface area contributed by atoms with E-state index in [1.165, 1.54) is 0 Å². The van der Waals surface area contributed by atoms with E-state index in [0.29, 0.717) is 19.4 Å². The smallest absolute Gasteiger partial charge is 0.277 e. The highest BCUT2D eigenvalue weighted by molar-refractivity contribution is 7.86. The Kier molecular flexibility index (Phi) is 2.74. The Hall–Kier alpha value is -0.860. The van der Waals surface area contributed by atoms with Gasteiger partial charge in [-0.1, -0.05) is 5.16 Å². The molecule has 0 aromatic rings. The summed E-state index contributed by atoms with van der Waals surface area (Å²) in [6.45, 7) is 0.319. The summed E-state index contributed by atoms with van der Waals surface area (Å²) in [5.74, 6) is -0.119. The van der Waals surface area contributed by atoms with Crippen LogP contribution in [0.15, 0.2) is 5.16 Å². The third kappa shape index (κ3) is 2.08. The van der Waals surface area contributed by atoms with E-state index in [0.717, 1.165) is 4.31 Å². The molecule has 8 heteroatoms. The number of rotatable bonds is 2. The molecule has 1 fully saturated rings. The fraction of sp³-hybridized carbons (Fsp3) is 0.800. The van der Waals surface area contributed by atoms with Gasteiger partial charge in [-0.05, 0) is 12.8 Å². The first-order chi connectivity index (χ1) is 5.96. The van der Waals surface area contributed by atoms with Gasteiger partial charge in [-0.15, -0.1) is 0 Å². The lowest BCUT2D eigenvalue weighted by Crippen LogP contribution is -2.46. The van der Waals surface area contributed by atoms with Crippen molar-refractivity contribution in [2.45, 2.75) is 18.9 Å². The first kappa shape index (κ1) is 10.2. The van der Waals surface area contributed by atoms with E-state index >= 15 is 0 Å². The van der Waals surface area contributed by atoms with Crippen molar-refractivity contribution < 1.29 is 13.6 Å². The molecule has 1 unspecified atom stereocenters. The zero-order valence-corrected chi connectivity index (χ0v) is 7.74. The van der Waals surface area contributed by atoms with Crippen LogP contribution < -0.4 is 10.9 Å². The number of nitrogens with zero attached hydrogens (tertiary/aromatic N) is 2. The van der Waals surface area contributed by atoms with E-state index in [4.69, 9.17) is 16.1 Å². The monoisotopic (exact) mass is 208 g/mol. The van der Waals surface area contributed by atoms with Crippen molar-refractivity contribution >= 4 is 16.0 Å². The Balaban J connectivity index is 2.88. The van der Waals surface area contributed by atoms with Gasteiger partial charge >= 0.3 is 0 Å². The van der Waals surface area contributed by atoms with Crippen LogP contribution in [0.5, 0.6) is 0 Å². The second-order valence-corrected chi connectivity index (χ2v) is 4.34. The molecule has 0 saturated carbocycles. The first-order valence-corrected chi connectivity index (χ1v) is 5.24. The molecule has 0 aromatic heterocycles. The average molecular weight is 208 g/mol. The van der Waals surface area contributed by atoms with Crippen molar-refractivity contribution in [2.75, 3.05) is 6.54 Å². The summed E-state index contributed by atoms with van der Waals surface area (Å²) in [5.41, 5.74) is 5.30. The Bertz CT molecular complexity index is 312. The summed E-state index contributed by atoms with van der Waals surface area (Å²) in [6, 6.07) is -0.597. The van der Waals surface area contributed by atoms with E-state index in [1.807, 2.05) is 0 Å². The lowest BCUT2D eigenvalue weighted by molar-refractivity contribution is 0.311. The zero-order valence-electron chi connectivity index (χ0n) is 6.92. The maximum absolute atomic E-state index is 11.0. The third-order valence-corrected chi connectivity index (χ3v) is 3.08. The lowest BCUT2D eigenvalue weighted by atomic mass is 10.2. The highest BCUT2D eigenvalue weighted by Gasteiger charge is 2.34. The predicted molar refractivity (Wildman–Crippen MR) is 46.2 cm³/mol. The molecule has 0 aliphatic carbocycles. The topological polar surface area (TPSA) is 122 Å². The van der Waals surface area contributed by atoms with E-state index in [1.54, 1.807) is 0 Å². The van der Waals surface area contributed by atoms with Crippen LogP contribution in [0.25, 0.3) is 0 Å². The Morgan fingerprint density at radius 2 is 2.23 bits per heavy atom. The highest BCUT2D eigenvalue weighted by atomic mass is 32.2. The molecule has 0 bridgehead atoms. The minimum absolute atomic E-state index is 0.119. The van der Waals surface area contributed by atoms with Gasteiger partial charge in [-0.25, -0.2) is 5.14 Å². The number of hydrogen-bond donors (Lipinski definition) is 3. The van der Waals surface area contributed by atoms with Crippen molar-refractivity contribution in [2.24, 2.45) is 16.0 Å². The Morgan fingerprint density at radius 3 is 2.69 bits per heavy atom. The average Bonchev–Trinajstić information content (AvgIpc) is 2.49. The molecule has 1 rings (SSSR count). The van der Waals surface area contributed by atoms with Crippen LogP contribution in [-0.4, -0.2) is 36.4 Å². The molecular formula is C5H12N4O3S. The molecule has 1 saturated heterocycles. The fourth-order valence-corrected chi connectivity index (χ4v) is 2.36. The molecule has 0 spiro atoms. The third-order valence-electron chi connectivity index (χ3n) is 1.99.